The Balaban J connectivity index is 1.66. The normalized spacial score (nSPS) is 30.3. The number of oxime groups is 1. The molecule has 1 aromatic carbocycles. The van der Waals surface area contributed by atoms with Crippen molar-refractivity contribution in [3.05, 3.63) is 35.4 Å². The molecule has 120 valence electrons. The van der Waals surface area contributed by atoms with E-state index in [9.17, 15) is 18.3 Å². The number of likely N-dealkylation sites (tertiary alicyclic amines) is 1. The first-order chi connectivity index (χ1) is 10.4. The van der Waals surface area contributed by atoms with Crippen LogP contribution in [-0.2, 0) is 0 Å². The minimum atomic E-state index is -4.59. The summed E-state index contributed by atoms with van der Waals surface area (Å²) >= 11 is 0. The van der Waals surface area contributed by atoms with Gasteiger partial charge in [-0.15, -0.1) is 0 Å². The van der Waals surface area contributed by atoms with E-state index in [1.54, 1.807) is 0 Å². The van der Waals surface area contributed by atoms with Crippen molar-refractivity contribution in [3.8, 4) is 0 Å². The smallest absolute Gasteiger partial charge is 0.411 e. The van der Waals surface area contributed by atoms with E-state index in [2.05, 4.69) is 5.16 Å². The molecule has 2 N–H and O–H groups in total. The number of aliphatic hydroxyl groups excluding tert-OH is 1. The van der Waals surface area contributed by atoms with Gasteiger partial charge in [-0.1, -0.05) is 29.4 Å². The standard InChI is InChI=1S/C15H17F3N2O2/c16-15(17,18)14(21)20-7-11-5-12(13(11)8-20)10-3-1-9(2-4-10)6-19-22/h1-4,6,11-14,21-22H,5,7-8H2/b19-6+. The highest BCUT2D eigenvalue weighted by Gasteiger charge is 2.53. The molecule has 4 nitrogen and oxygen atoms in total. The number of benzene rings is 1. The number of fused-ring (bicyclic) bond motifs is 1. The van der Waals surface area contributed by atoms with Gasteiger partial charge in [0.15, 0.2) is 0 Å². The average molecular weight is 314 g/mol. The lowest BCUT2D eigenvalue weighted by Gasteiger charge is -2.40. The number of halogens is 3. The van der Waals surface area contributed by atoms with Gasteiger partial charge in [-0.2, -0.15) is 13.2 Å². The van der Waals surface area contributed by atoms with Crippen LogP contribution in [0.15, 0.2) is 29.4 Å². The van der Waals surface area contributed by atoms with Gasteiger partial charge in [0.05, 0.1) is 6.21 Å². The second-order valence-electron chi connectivity index (χ2n) is 6.05. The summed E-state index contributed by atoms with van der Waals surface area (Å²) in [5.74, 6) is 0.616. The summed E-state index contributed by atoms with van der Waals surface area (Å²) in [6.07, 6.45) is -4.78. The van der Waals surface area contributed by atoms with Crippen LogP contribution in [0, 0.1) is 11.8 Å². The van der Waals surface area contributed by atoms with Crippen molar-refractivity contribution in [2.75, 3.05) is 13.1 Å². The first kappa shape index (κ1) is 15.3. The highest BCUT2D eigenvalue weighted by molar-refractivity contribution is 5.79. The van der Waals surface area contributed by atoms with Crippen LogP contribution >= 0.6 is 0 Å². The van der Waals surface area contributed by atoms with E-state index in [0.29, 0.717) is 6.54 Å². The molecule has 0 spiro atoms. The molecule has 4 unspecified atom stereocenters. The summed E-state index contributed by atoms with van der Waals surface area (Å²) in [5, 5.41) is 20.8. The molecule has 1 saturated heterocycles. The van der Waals surface area contributed by atoms with Crippen molar-refractivity contribution in [2.45, 2.75) is 24.7 Å². The zero-order valence-electron chi connectivity index (χ0n) is 11.7. The second kappa shape index (κ2) is 5.55. The van der Waals surface area contributed by atoms with E-state index in [4.69, 9.17) is 5.21 Å². The Bertz CT molecular complexity index is 559. The van der Waals surface area contributed by atoms with Crippen LogP contribution in [-0.4, -0.2) is 46.9 Å². The first-order valence-corrected chi connectivity index (χ1v) is 7.16. The van der Waals surface area contributed by atoms with Crippen LogP contribution < -0.4 is 0 Å². The Hall–Kier alpha value is -1.60. The van der Waals surface area contributed by atoms with E-state index in [1.165, 1.54) is 6.21 Å². The van der Waals surface area contributed by atoms with Crippen LogP contribution in [0.3, 0.4) is 0 Å². The molecular formula is C15H17F3N2O2. The second-order valence-corrected chi connectivity index (χ2v) is 6.05. The Morgan fingerprint density at radius 1 is 1.23 bits per heavy atom. The van der Waals surface area contributed by atoms with Crippen molar-refractivity contribution in [1.29, 1.82) is 0 Å². The average Bonchev–Trinajstić information content (AvgIpc) is 2.77. The predicted molar refractivity (Wildman–Crippen MR) is 73.8 cm³/mol. The van der Waals surface area contributed by atoms with Crippen molar-refractivity contribution < 1.29 is 23.5 Å². The molecule has 2 fully saturated rings. The molecule has 0 radical (unpaired) electrons. The summed E-state index contributed by atoms with van der Waals surface area (Å²) < 4.78 is 37.8. The van der Waals surface area contributed by atoms with E-state index in [1.807, 2.05) is 24.3 Å². The SMILES string of the molecule is O/N=C/c1ccc(C2CC3CN(C(O)C(F)(F)F)CC32)cc1. The number of nitrogens with zero attached hydrogens (tertiary/aromatic N) is 2. The fraction of sp³-hybridized carbons (Fsp3) is 0.533. The maximum absolute atomic E-state index is 12.6. The van der Waals surface area contributed by atoms with Crippen molar-refractivity contribution >= 4 is 6.21 Å². The largest absolute Gasteiger partial charge is 0.428 e. The van der Waals surface area contributed by atoms with Gasteiger partial charge in [0.2, 0.25) is 6.23 Å². The molecule has 1 aliphatic carbocycles. The molecule has 0 aromatic heterocycles. The van der Waals surface area contributed by atoms with E-state index in [0.717, 1.165) is 22.4 Å². The molecular weight excluding hydrogens is 297 g/mol. The number of alkyl halides is 3. The summed E-state index contributed by atoms with van der Waals surface area (Å²) in [7, 11) is 0. The maximum atomic E-state index is 12.6. The third-order valence-corrected chi connectivity index (χ3v) is 4.80. The Kier molecular flexibility index (Phi) is 3.86. The Morgan fingerprint density at radius 3 is 2.50 bits per heavy atom. The van der Waals surface area contributed by atoms with Gasteiger partial charge >= 0.3 is 6.18 Å². The van der Waals surface area contributed by atoms with Gasteiger partial charge in [-0.05, 0) is 35.3 Å². The van der Waals surface area contributed by atoms with Crippen LogP contribution in [0.5, 0.6) is 0 Å². The maximum Gasteiger partial charge on any atom is 0.428 e. The van der Waals surface area contributed by atoms with Gasteiger partial charge in [-0.3, -0.25) is 4.90 Å². The van der Waals surface area contributed by atoms with Gasteiger partial charge in [0.25, 0.3) is 0 Å². The summed E-state index contributed by atoms with van der Waals surface area (Å²) in [4.78, 5) is 1.13. The lowest BCUT2D eigenvalue weighted by atomic mass is 9.64. The molecule has 3 rings (SSSR count). The highest BCUT2D eigenvalue weighted by atomic mass is 19.4. The summed E-state index contributed by atoms with van der Waals surface area (Å²) in [6, 6.07) is 7.47. The van der Waals surface area contributed by atoms with Gasteiger partial charge in [-0.25, -0.2) is 0 Å². The molecule has 2 aliphatic rings. The molecule has 1 saturated carbocycles. The molecule has 1 aliphatic heterocycles. The molecule has 1 aromatic rings. The monoisotopic (exact) mass is 314 g/mol. The van der Waals surface area contributed by atoms with Crippen molar-refractivity contribution in [1.82, 2.24) is 4.90 Å². The van der Waals surface area contributed by atoms with E-state index < -0.39 is 12.4 Å². The zero-order chi connectivity index (χ0) is 15.9. The van der Waals surface area contributed by atoms with Gasteiger partial charge in [0, 0.05) is 13.1 Å². The van der Waals surface area contributed by atoms with Gasteiger partial charge in [0.1, 0.15) is 0 Å². The Labute approximate surface area is 125 Å². The number of aliphatic hydroxyl groups is 1. The molecule has 0 bridgehead atoms. The van der Waals surface area contributed by atoms with Crippen molar-refractivity contribution in [3.63, 3.8) is 0 Å². The van der Waals surface area contributed by atoms with E-state index in [-0.39, 0.29) is 24.3 Å². The number of hydrogen-bond donors (Lipinski definition) is 2. The summed E-state index contributed by atoms with van der Waals surface area (Å²) in [6.45, 7) is 0.576. The minimum absolute atomic E-state index is 0.161. The quantitative estimate of drug-likeness (QED) is 0.512. The van der Waals surface area contributed by atoms with Crippen LogP contribution in [0.2, 0.25) is 0 Å². The van der Waals surface area contributed by atoms with Crippen molar-refractivity contribution in [2.24, 2.45) is 17.0 Å². The topological polar surface area (TPSA) is 56.1 Å². The minimum Gasteiger partial charge on any atom is -0.411 e. The van der Waals surface area contributed by atoms with Gasteiger partial charge < -0.3 is 10.3 Å². The molecule has 4 atom stereocenters. The first-order valence-electron chi connectivity index (χ1n) is 7.16. The molecule has 0 amide bonds. The van der Waals surface area contributed by atoms with Crippen LogP contribution in [0.1, 0.15) is 23.5 Å². The lowest BCUT2D eigenvalue weighted by molar-refractivity contribution is -0.247. The van der Waals surface area contributed by atoms with E-state index >= 15 is 0 Å². The number of hydrogen-bond acceptors (Lipinski definition) is 4. The molecule has 7 heteroatoms. The number of rotatable bonds is 3. The fourth-order valence-electron chi connectivity index (χ4n) is 3.63. The fourth-order valence-corrected chi connectivity index (χ4v) is 3.63. The third-order valence-electron chi connectivity index (χ3n) is 4.80. The lowest BCUT2D eigenvalue weighted by Crippen LogP contribution is -2.44. The molecule has 22 heavy (non-hydrogen) atoms. The highest BCUT2D eigenvalue weighted by Crippen LogP contribution is 2.52. The molecule has 1 heterocycles. The zero-order valence-corrected chi connectivity index (χ0v) is 11.7. The Morgan fingerprint density at radius 2 is 1.91 bits per heavy atom. The third kappa shape index (κ3) is 2.70. The summed E-state index contributed by atoms with van der Waals surface area (Å²) in [5.41, 5.74) is 1.85. The van der Waals surface area contributed by atoms with Crippen LogP contribution in [0.25, 0.3) is 0 Å². The van der Waals surface area contributed by atoms with Crippen LogP contribution in [0.4, 0.5) is 13.2 Å². The predicted octanol–water partition coefficient (Wildman–Crippen LogP) is 2.41.